The van der Waals surface area contributed by atoms with Gasteiger partial charge in [0.2, 0.25) is 0 Å². The molecule has 2 aromatic rings. The molecule has 0 amide bonds. The lowest BCUT2D eigenvalue weighted by Crippen LogP contribution is -2.11. The van der Waals surface area contributed by atoms with Crippen molar-refractivity contribution in [2.75, 3.05) is 6.61 Å². The molecule has 0 radical (unpaired) electrons. The Bertz CT molecular complexity index is 536. The van der Waals surface area contributed by atoms with Gasteiger partial charge >= 0.3 is 0 Å². The first-order valence-electron chi connectivity index (χ1n) is 5.86. The van der Waals surface area contributed by atoms with Crippen LogP contribution in [0.4, 0.5) is 0 Å². The minimum absolute atomic E-state index is 0.274. The molecule has 18 heavy (non-hydrogen) atoms. The quantitative estimate of drug-likeness (QED) is 0.934. The van der Waals surface area contributed by atoms with E-state index in [1.807, 2.05) is 44.2 Å². The standard InChI is InChI=1S/C14H16BrNO2/c1-3-17-10-5-6-11(12(15)8-10)14(16)13-7-4-9(2)18-13/h4-8,14H,3,16H2,1-2H3. The van der Waals surface area contributed by atoms with Crippen LogP contribution in [0.25, 0.3) is 0 Å². The third-order valence-corrected chi connectivity index (χ3v) is 3.37. The average molecular weight is 310 g/mol. The van der Waals surface area contributed by atoms with Crippen molar-refractivity contribution in [1.82, 2.24) is 0 Å². The van der Waals surface area contributed by atoms with Crippen LogP contribution in [0.2, 0.25) is 0 Å². The number of rotatable bonds is 4. The highest BCUT2D eigenvalue weighted by Gasteiger charge is 2.15. The molecule has 4 heteroatoms. The number of aryl methyl sites for hydroxylation is 1. The summed E-state index contributed by atoms with van der Waals surface area (Å²) in [6.07, 6.45) is 0. The lowest BCUT2D eigenvalue weighted by Gasteiger charge is -2.13. The van der Waals surface area contributed by atoms with Gasteiger partial charge in [-0.15, -0.1) is 0 Å². The van der Waals surface area contributed by atoms with Gasteiger partial charge in [-0.25, -0.2) is 0 Å². The summed E-state index contributed by atoms with van der Waals surface area (Å²) >= 11 is 3.52. The van der Waals surface area contributed by atoms with Crippen LogP contribution in [0.3, 0.4) is 0 Å². The predicted molar refractivity (Wildman–Crippen MR) is 74.8 cm³/mol. The van der Waals surface area contributed by atoms with Crippen molar-refractivity contribution < 1.29 is 9.15 Å². The zero-order valence-corrected chi connectivity index (χ0v) is 12.0. The zero-order chi connectivity index (χ0) is 13.1. The second-order valence-corrected chi connectivity index (χ2v) is 4.90. The number of nitrogens with two attached hydrogens (primary N) is 1. The molecule has 0 aliphatic heterocycles. The molecule has 0 fully saturated rings. The molecule has 0 aliphatic carbocycles. The van der Waals surface area contributed by atoms with E-state index in [9.17, 15) is 0 Å². The maximum atomic E-state index is 6.19. The molecule has 1 unspecified atom stereocenters. The van der Waals surface area contributed by atoms with Gasteiger partial charge in [0.15, 0.2) is 0 Å². The number of ether oxygens (including phenoxy) is 1. The Kier molecular flexibility index (Phi) is 4.09. The van der Waals surface area contributed by atoms with Crippen molar-refractivity contribution in [3.63, 3.8) is 0 Å². The summed E-state index contributed by atoms with van der Waals surface area (Å²) in [7, 11) is 0. The van der Waals surface area contributed by atoms with Crippen molar-refractivity contribution >= 4 is 15.9 Å². The largest absolute Gasteiger partial charge is 0.494 e. The lowest BCUT2D eigenvalue weighted by molar-refractivity contribution is 0.340. The number of furan rings is 1. The summed E-state index contributed by atoms with van der Waals surface area (Å²) in [6, 6.07) is 9.34. The maximum absolute atomic E-state index is 6.19. The Balaban J connectivity index is 2.28. The second kappa shape index (κ2) is 5.59. The van der Waals surface area contributed by atoms with Gasteiger partial charge in [0.25, 0.3) is 0 Å². The minimum Gasteiger partial charge on any atom is -0.494 e. The Morgan fingerprint density at radius 2 is 2.11 bits per heavy atom. The van der Waals surface area contributed by atoms with Crippen LogP contribution < -0.4 is 10.5 Å². The molecule has 0 saturated heterocycles. The third kappa shape index (κ3) is 2.76. The van der Waals surface area contributed by atoms with Crippen molar-refractivity contribution in [1.29, 1.82) is 0 Å². The molecule has 3 nitrogen and oxygen atoms in total. The highest BCUT2D eigenvalue weighted by molar-refractivity contribution is 9.10. The molecular formula is C14H16BrNO2. The van der Waals surface area contributed by atoms with Gasteiger partial charge in [-0.2, -0.15) is 0 Å². The predicted octanol–water partition coefficient (Wildman–Crippen LogP) is 3.80. The van der Waals surface area contributed by atoms with E-state index in [0.717, 1.165) is 27.3 Å². The molecule has 1 atom stereocenters. The monoisotopic (exact) mass is 309 g/mol. The van der Waals surface area contributed by atoms with Gasteiger partial charge in [0.1, 0.15) is 17.3 Å². The van der Waals surface area contributed by atoms with Gasteiger partial charge in [0, 0.05) is 4.47 Å². The molecule has 0 aliphatic rings. The molecule has 2 rings (SSSR count). The summed E-state index contributed by atoms with van der Waals surface area (Å²) in [5, 5.41) is 0. The van der Waals surface area contributed by atoms with E-state index in [2.05, 4.69) is 15.9 Å². The highest BCUT2D eigenvalue weighted by Crippen LogP contribution is 2.30. The first kappa shape index (κ1) is 13.2. The van der Waals surface area contributed by atoms with Gasteiger partial charge < -0.3 is 14.9 Å². The van der Waals surface area contributed by atoms with E-state index < -0.39 is 0 Å². The van der Waals surface area contributed by atoms with Crippen LogP contribution in [-0.4, -0.2) is 6.61 Å². The third-order valence-electron chi connectivity index (χ3n) is 2.69. The Morgan fingerprint density at radius 1 is 1.33 bits per heavy atom. The molecule has 1 aromatic carbocycles. The van der Waals surface area contributed by atoms with E-state index in [-0.39, 0.29) is 6.04 Å². The van der Waals surface area contributed by atoms with E-state index in [4.69, 9.17) is 14.9 Å². The summed E-state index contributed by atoms with van der Waals surface area (Å²) in [5.74, 6) is 2.45. The molecule has 2 N–H and O–H groups in total. The van der Waals surface area contributed by atoms with Crippen molar-refractivity contribution in [2.24, 2.45) is 5.73 Å². The van der Waals surface area contributed by atoms with E-state index in [0.29, 0.717) is 6.61 Å². The van der Waals surface area contributed by atoms with Gasteiger partial charge in [-0.3, -0.25) is 0 Å². The zero-order valence-electron chi connectivity index (χ0n) is 10.4. The Hall–Kier alpha value is -1.26. The van der Waals surface area contributed by atoms with E-state index >= 15 is 0 Å². The van der Waals surface area contributed by atoms with Crippen LogP contribution in [-0.2, 0) is 0 Å². The Morgan fingerprint density at radius 3 is 2.67 bits per heavy atom. The summed E-state index contributed by atoms with van der Waals surface area (Å²) in [5.41, 5.74) is 7.17. The van der Waals surface area contributed by atoms with E-state index in [1.54, 1.807) is 0 Å². The smallest absolute Gasteiger partial charge is 0.125 e. The van der Waals surface area contributed by atoms with Crippen LogP contribution in [0.1, 0.15) is 30.0 Å². The van der Waals surface area contributed by atoms with Crippen molar-refractivity contribution in [3.8, 4) is 5.75 Å². The molecular weight excluding hydrogens is 294 g/mol. The fourth-order valence-corrected chi connectivity index (χ4v) is 2.39. The SMILES string of the molecule is CCOc1ccc(C(N)c2ccc(C)o2)c(Br)c1. The van der Waals surface area contributed by atoms with Crippen LogP contribution in [0.5, 0.6) is 5.75 Å². The lowest BCUT2D eigenvalue weighted by atomic mass is 10.1. The number of hydrogen-bond donors (Lipinski definition) is 1. The summed E-state index contributed by atoms with van der Waals surface area (Å²) < 4.78 is 11.9. The van der Waals surface area contributed by atoms with Gasteiger partial charge in [-0.05, 0) is 43.7 Å². The van der Waals surface area contributed by atoms with Crippen LogP contribution >= 0.6 is 15.9 Å². The molecule has 0 spiro atoms. The molecule has 1 heterocycles. The molecule has 0 saturated carbocycles. The van der Waals surface area contributed by atoms with Gasteiger partial charge in [0.05, 0.1) is 12.6 Å². The normalized spacial score (nSPS) is 12.4. The first-order valence-corrected chi connectivity index (χ1v) is 6.65. The average Bonchev–Trinajstić information content (AvgIpc) is 2.76. The van der Waals surface area contributed by atoms with Crippen LogP contribution in [0.15, 0.2) is 39.2 Å². The number of halogens is 1. The second-order valence-electron chi connectivity index (χ2n) is 4.04. The summed E-state index contributed by atoms with van der Waals surface area (Å²) in [4.78, 5) is 0. The molecule has 0 bridgehead atoms. The van der Waals surface area contributed by atoms with Gasteiger partial charge in [-0.1, -0.05) is 22.0 Å². The van der Waals surface area contributed by atoms with Crippen molar-refractivity contribution in [2.45, 2.75) is 19.9 Å². The van der Waals surface area contributed by atoms with Crippen molar-refractivity contribution in [3.05, 3.63) is 51.9 Å². The topological polar surface area (TPSA) is 48.4 Å². The molecule has 1 aromatic heterocycles. The van der Waals surface area contributed by atoms with Crippen LogP contribution in [0, 0.1) is 6.92 Å². The Labute approximate surface area is 115 Å². The number of hydrogen-bond acceptors (Lipinski definition) is 3. The molecule has 96 valence electrons. The fourth-order valence-electron chi connectivity index (χ4n) is 1.79. The number of benzene rings is 1. The first-order chi connectivity index (χ1) is 8.61. The van der Waals surface area contributed by atoms with E-state index in [1.165, 1.54) is 0 Å². The maximum Gasteiger partial charge on any atom is 0.125 e. The fraction of sp³-hybridized carbons (Fsp3) is 0.286. The minimum atomic E-state index is -0.274. The summed E-state index contributed by atoms with van der Waals surface area (Å²) in [6.45, 7) is 4.51. The highest BCUT2D eigenvalue weighted by atomic mass is 79.9.